The third-order valence-electron chi connectivity index (χ3n) is 2.91. The van der Waals surface area contributed by atoms with Crippen molar-refractivity contribution in [1.82, 2.24) is 5.06 Å². The Kier molecular flexibility index (Phi) is 3.17. The summed E-state index contributed by atoms with van der Waals surface area (Å²) in [6.07, 6.45) is 4.46. The zero-order valence-corrected chi connectivity index (χ0v) is 8.39. The van der Waals surface area contributed by atoms with Crippen molar-refractivity contribution >= 4 is 0 Å². The monoisotopic (exact) mass is 191 g/mol. The van der Waals surface area contributed by atoms with Gasteiger partial charge >= 0.3 is 0 Å². The van der Waals surface area contributed by atoms with Crippen molar-refractivity contribution in [2.24, 2.45) is 0 Å². The highest BCUT2D eigenvalue weighted by atomic mass is 16.5. The third-order valence-corrected chi connectivity index (χ3v) is 2.91. The molecule has 2 heteroatoms. The van der Waals surface area contributed by atoms with Gasteiger partial charge in [-0.1, -0.05) is 36.8 Å². The van der Waals surface area contributed by atoms with Gasteiger partial charge in [0.15, 0.2) is 0 Å². The number of hydrogen-bond donors (Lipinski definition) is 1. The molecule has 1 aliphatic heterocycles. The van der Waals surface area contributed by atoms with Crippen LogP contribution < -0.4 is 0 Å². The second-order valence-electron chi connectivity index (χ2n) is 4.00. The Morgan fingerprint density at radius 1 is 1.21 bits per heavy atom. The summed E-state index contributed by atoms with van der Waals surface area (Å²) in [6, 6.07) is 10.7. The fourth-order valence-corrected chi connectivity index (χ4v) is 2.08. The van der Waals surface area contributed by atoms with Gasteiger partial charge < -0.3 is 5.21 Å². The van der Waals surface area contributed by atoms with Gasteiger partial charge in [-0.15, -0.1) is 0 Å². The van der Waals surface area contributed by atoms with Gasteiger partial charge in [0.05, 0.1) is 0 Å². The molecule has 1 aliphatic rings. The molecule has 1 fully saturated rings. The molecule has 0 amide bonds. The van der Waals surface area contributed by atoms with Crippen LogP contribution in [0.5, 0.6) is 0 Å². The van der Waals surface area contributed by atoms with Gasteiger partial charge in [-0.25, -0.2) is 0 Å². The maximum atomic E-state index is 9.66. The SMILES string of the molecule is ON1CCCCC1Cc1ccccc1. The zero-order valence-electron chi connectivity index (χ0n) is 8.39. The molecule has 14 heavy (non-hydrogen) atoms. The molecule has 0 bridgehead atoms. The Bertz CT molecular complexity index is 273. The molecule has 2 nitrogen and oxygen atoms in total. The quantitative estimate of drug-likeness (QED) is 0.776. The van der Waals surface area contributed by atoms with E-state index < -0.39 is 0 Å². The van der Waals surface area contributed by atoms with Gasteiger partial charge in [0.2, 0.25) is 0 Å². The second kappa shape index (κ2) is 4.58. The van der Waals surface area contributed by atoms with Gasteiger partial charge in [0, 0.05) is 12.6 Å². The van der Waals surface area contributed by atoms with E-state index in [0.717, 1.165) is 25.8 Å². The number of rotatable bonds is 2. The van der Waals surface area contributed by atoms with Crippen LogP contribution >= 0.6 is 0 Å². The van der Waals surface area contributed by atoms with Gasteiger partial charge in [-0.2, -0.15) is 5.06 Å². The standard InChI is InChI=1S/C12H17NO/c14-13-9-5-4-8-12(13)10-11-6-2-1-3-7-11/h1-3,6-7,12,14H,4-5,8-10H2. The molecule has 2 rings (SSSR count). The van der Waals surface area contributed by atoms with E-state index in [-0.39, 0.29) is 0 Å². The normalized spacial score (nSPS) is 23.6. The van der Waals surface area contributed by atoms with Crippen molar-refractivity contribution in [3.63, 3.8) is 0 Å². The summed E-state index contributed by atoms with van der Waals surface area (Å²) in [4.78, 5) is 0. The van der Waals surface area contributed by atoms with Gasteiger partial charge in [0.25, 0.3) is 0 Å². The minimum absolute atomic E-state index is 0.325. The molecule has 0 saturated carbocycles. The lowest BCUT2D eigenvalue weighted by atomic mass is 9.97. The highest BCUT2D eigenvalue weighted by Crippen LogP contribution is 2.18. The van der Waals surface area contributed by atoms with Crippen molar-refractivity contribution in [2.75, 3.05) is 6.54 Å². The summed E-state index contributed by atoms with van der Waals surface area (Å²) >= 11 is 0. The average molecular weight is 191 g/mol. The van der Waals surface area contributed by atoms with Crippen molar-refractivity contribution in [3.05, 3.63) is 35.9 Å². The fraction of sp³-hybridized carbons (Fsp3) is 0.500. The molecule has 1 aromatic rings. The predicted octanol–water partition coefficient (Wildman–Crippen LogP) is 2.47. The van der Waals surface area contributed by atoms with E-state index in [1.54, 1.807) is 0 Å². The molecule has 76 valence electrons. The number of nitrogens with zero attached hydrogens (tertiary/aromatic N) is 1. The second-order valence-corrected chi connectivity index (χ2v) is 4.00. The first-order chi connectivity index (χ1) is 6.86. The minimum Gasteiger partial charge on any atom is -0.314 e. The molecule has 1 heterocycles. The molecule has 1 unspecified atom stereocenters. The van der Waals surface area contributed by atoms with Crippen LogP contribution in [-0.4, -0.2) is 22.9 Å². The molecule has 0 spiro atoms. The van der Waals surface area contributed by atoms with E-state index >= 15 is 0 Å². The van der Waals surface area contributed by atoms with Gasteiger partial charge in [0.1, 0.15) is 0 Å². The smallest absolute Gasteiger partial charge is 0.0390 e. The van der Waals surface area contributed by atoms with E-state index in [1.165, 1.54) is 17.0 Å². The predicted molar refractivity (Wildman–Crippen MR) is 56.3 cm³/mol. The van der Waals surface area contributed by atoms with Crippen LogP contribution in [0.2, 0.25) is 0 Å². The summed E-state index contributed by atoms with van der Waals surface area (Å²) in [5, 5.41) is 11.2. The third kappa shape index (κ3) is 2.34. The van der Waals surface area contributed by atoms with E-state index in [0.29, 0.717) is 6.04 Å². The molecule has 1 atom stereocenters. The van der Waals surface area contributed by atoms with Crippen LogP contribution in [0.1, 0.15) is 24.8 Å². The van der Waals surface area contributed by atoms with Crippen molar-refractivity contribution in [3.8, 4) is 0 Å². The minimum atomic E-state index is 0.325. The highest BCUT2D eigenvalue weighted by Gasteiger charge is 2.20. The molecule has 0 radical (unpaired) electrons. The summed E-state index contributed by atoms with van der Waals surface area (Å²) in [6.45, 7) is 0.831. The van der Waals surface area contributed by atoms with E-state index in [9.17, 15) is 5.21 Å². The Morgan fingerprint density at radius 2 is 2.00 bits per heavy atom. The molecule has 1 saturated heterocycles. The lowest BCUT2D eigenvalue weighted by Crippen LogP contribution is -2.38. The van der Waals surface area contributed by atoms with E-state index in [1.807, 2.05) is 6.07 Å². The number of benzene rings is 1. The lowest BCUT2D eigenvalue weighted by Gasteiger charge is -2.30. The maximum absolute atomic E-state index is 9.66. The van der Waals surface area contributed by atoms with Gasteiger partial charge in [-0.05, 0) is 24.8 Å². The Balaban J connectivity index is 1.96. The molecule has 1 N–H and O–H groups in total. The number of piperidine rings is 1. The average Bonchev–Trinajstić information content (AvgIpc) is 2.23. The van der Waals surface area contributed by atoms with Crippen LogP contribution in [0.4, 0.5) is 0 Å². The first-order valence-electron chi connectivity index (χ1n) is 5.36. The maximum Gasteiger partial charge on any atom is 0.0390 e. The number of hydroxylamine groups is 2. The molecule has 0 aromatic heterocycles. The zero-order chi connectivity index (χ0) is 9.80. The van der Waals surface area contributed by atoms with Crippen molar-refractivity contribution in [1.29, 1.82) is 0 Å². The number of hydrogen-bond acceptors (Lipinski definition) is 2. The largest absolute Gasteiger partial charge is 0.314 e. The van der Waals surface area contributed by atoms with Crippen molar-refractivity contribution < 1.29 is 5.21 Å². The molecule has 1 aromatic carbocycles. The molecule has 0 aliphatic carbocycles. The lowest BCUT2D eigenvalue weighted by molar-refractivity contribution is -0.141. The fourth-order valence-electron chi connectivity index (χ4n) is 2.08. The summed E-state index contributed by atoms with van der Waals surface area (Å²) < 4.78 is 0. The first kappa shape index (κ1) is 9.69. The first-order valence-corrected chi connectivity index (χ1v) is 5.36. The molecular weight excluding hydrogens is 174 g/mol. The highest BCUT2D eigenvalue weighted by molar-refractivity contribution is 5.15. The van der Waals surface area contributed by atoms with Crippen LogP contribution in [0.15, 0.2) is 30.3 Å². The topological polar surface area (TPSA) is 23.5 Å². The summed E-state index contributed by atoms with van der Waals surface area (Å²) in [5.74, 6) is 0. The van der Waals surface area contributed by atoms with Crippen LogP contribution in [0.3, 0.4) is 0 Å². The van der Waals surface area contributed by atoms with Crippen LogP contribution in [0.25, 0.3) is 0 Å². The Morgan fingerprint density at radius 3 is 2.71 bits per heavy atom. The van der Waals surface area contributed by atoms with Crippen LogP contribution in [-0.2, 0) is 6.42 Å². The Hall–Kier alpha value is -0.860. The molecular formula is C12H17NO. The van der Waals surface area contributed by atoms with E-state index in [2.05, 4.69) is 24.3 Å². The van der Waals surface area contributed by atoms with Crippen molar-refractivity contribution in [2.45, 2.75) is 31.7 Å². The van der Waals surface area contributed by atoms with Gasteiger partial charge in [-0.3, -0.25) is 0 Å². The van der Waals surface area contributed by atoms with E-state index in [4.69, 9.17) is 0 Å². The Labute approximate surface area is 85.1 Å². The summed E-state index contributed by atoms with van der Waals surface area (Å²) in [7, 11) is 0. The van der Waals surface area contributed by atoms with Crippen LogP contribution in [0, 0.1) is 0 Å². The summed E-state index contributed by atoms with van der Waals surface area (Å²) in [5.41, 5.74) is 1.32.